The van der Waals surface area contributed by atoms with E-state index in [1.807, 2.05) is 35.1 Å². The van der Waals surface area contributed by atoms with E-state index < -0.39 is 10.3 Å². The van der Waals surface area contributed by atoms with Crippen LogP contribution in [0.25, 0.3) is 10.4 Å². The number of thiazole rings is 1. The van der Waals surface area contributed by atoms with Gasteiger partial charge in [0, 0.05) is 13.1 Å². The van der Waals surface area contributed by atoms with Crippen LogP contribution in [0.2, 0.25) is 0 Å². The van der Waals surface area contributed by atoms with Crippen molar-refractivity contribution in [1.29, 1.82) is 0 Å². The summed E-state index contributed by atoms with van der Waals surface area (Å²) < 4.78 is 32.6. The molecule has 0 bridgehead atoms. The molecular formula is C19H19N3O4S2. The normalized spacial score (nSPS) is 12.4. The van der Waals surface area contributed by atoms with Crippen LogP contribution in [0.3, 0.4) is 0 Å². The lowest BCUT2D eigenvalue weighted by molar-refractivity contribution is -0.119. The maximum Gasteiger partial charge on any atom is 0.357 e. The van der Waals surface area contributed by atoms with Crippen LogP contribution >= 0.6 is 11.3 Å². The van der Waals surface area contributed by atoms with Gasteiger partial charge in [-0.25, -0.2) is 4.98 Å². The number of nitrogens with zero attached hydrogens (tertiary/aromatic N) is 1. The van der Waals surface area contributed by atoms with Gasteiger partial charge in [0.15, 0.2) is 0 Å². The molecule has 2 aromatic carbocycles. The highest BCUT2D eigenvalue weighted by Gasteiger charge is 2.18. The number of amides is 1. The third kappa shape index (κ3) is 5.62. The van der Waals surface area contributed by atoms with Crippen LogP contribution in [0.1, 0.15) is 23.5 Å². The predicted molar refractivity (Wildman–Crippen MR) is 109 cm³/mol. The Bertz CT molecular complexity index is 1050. The number of aromatic nitrogens is 1. The van der Waals surface area contributed by atoms with Crippen molar-refractivity contribution in [2.24, 2.45) is 0 Å². The van der Waals surface area contributed by atoms with Gasteiger partial charge in [-0.2, -0.15) is 8.42 Å². The van der Waals surface area contributed by atoms with Crippen LogP contribution in [0.15, 0.2) is 60.8 Å². The van der Waals surface area contributed by atoms with E-state index in [-0.39, 0.29) is 17.6 Å². The second kappa shape index (κ2) is 8.51. The van der Waals surface area contributed by atoms with Crippen molar-refractivity contribution in [3.8, 4) is 10.4 Å². The number of anilines is 1. The molecule has 1 amide bonds. The van der Waals surface area contributed by atoms with Crippen LogP contribution in [-0.4, -0.2) is 23.9 Å². The number of nitrogens with one attached hydrogen (secondary N) is 2. The Morgan fingerprint density at radius 2 is 1.82 bits per heavy atom. The Labute approximate surface area is 167 Å². The standard InChI is InChI=1S/C19H19N3O4S2/c1-13(23)21-17(11-14-7-9-16(10-8-14)22-28(24,25)26)19-20-12-18(27-19)15-5-3-2-4-6-15/h2-10,12,17,22H,11H2,1H3,(H,21,23)(H,24,25,26)/t17-/m0/s1. The minimum absolute atomic E-state index is 0.161. The van der Waals surface area contributed by atoms with Gasteiger partial charge in [-0.15, -0.1) is 11.3 Å². The Morgan fingerprint density at radius 1 is 1.14 bits per heavy atom. The van der Waals surface area contributed by atoms with E-state index in [1.165, 1.54) is 18.3 Å². The fourth-order valence-electron chi connectivity index (χ4n) is 2.72. The van der Waals surface area contributed by atoms with Gasteiger partial charge < -0.3 is 5.32 Å². The summed E-state index contributed by atoms with van der Waals surface area (Å²) in [5, 5.41) is 3.71. The molecule has 1 heterocycles. The smallest absolute Gasteiger partial charge is 0.347 e. The molecule has 0 fully saturated rings. The van der Waals surface area contributed by atoms with Crippen LogP contribution in [-0.2, 0) is 21.5 Å². The number of hydrogen-bond donors (Lipinski definition) is 3. The Hall–Kier alpha value is -2.75. The van der Waals surface area contributed by atoms with Crippen LogP contribution in [0.4, 0.5) is 5.69 Å². The highest BCUT2D eigenvalue weighted by molar-refractivity contribution is 7.87. The van der Waals surface area contributed by atoms with Gasteiger partial charge in [0.05, 0.1) is 16.6 Å². The highest BCUT2D eigenvalue weighted by Crippen LogP contribution is 2.30. The van der Waals surface area contributed by atoms with Crippen molar-refractivity contribution in [2.45, 2.75) is 19.4 Å². The number of carbonyl (C=O) groups excluding carboxylic acids is 1. The van der Waals surface area contributed by atoms with Crippen molar-refractivity contribution >= 4 is 33.2 Å². The summed E-state index contributed by atoms with van der Waals surface area (Å²) >= 11 is 1.52. The molecule has 3 aromatic rings. The molecule has 28 heavy (non-hydrogen) atoms. The number of carbonyl (C=O) groups is 1. The fraction of sp³-hybridized carbons (Fsp3) is 0.158. The first-order chi connectivity index (χ1) is 13.3. The third-order valence-corrected chi connectivity index (χ3v) is 5.55. The lowest BCUT2D eigenvalue weighted by Gasteiger charge is -2.16. The molecule has 0 aliphatic heterocycles. The summed E-state index contributed by atoms with van der Waals surface area (Å²) in [6.07, 6.45) is 2.29. The maximum atomic E-state index is 11.7. The molecule has 0 aliphatic carbocycles. The van der Waals surface area contributed by atoms with E-state index in [2.05, 4.69) is 10.3 Å². The van der Waals surface area contributed by atoms with Gasteiger partial charge in [-0.3, -0.25) is 14.1 Å². The zero-order chi connectivity index (χ0) is 20.1. The molecule has 7 nitrogen and oxygen atoms in total. The summed E-state index contributed by atoms with van der Waals surface area (Å²) in [7, 11) is -4.31. The lowest BCUT2D eigenvalue weighted by Crippen LogP contribution is -2.27. The fourth-order valence-corrected chi connectivity index (χ4v) is 4.13. The van der Waals surface area contributed by atoms with E-state index in [1.54, 1.807) is 30.5 Å². The maximum absolute atomic E-state index is 11.7. The number of hydrogen-bond acceptors (Lipinski definition) is 5. The van der Waals surface area contributed by atoms with Crippen molar-refractivity contribution in [2.75, 3.05) is 4.72 Å². The van der Waals surface area contributed by atoms with Crippen molar-refractivity contribution in [3.63, 3.8) is 0 Å². The summed E-state index contributed by atoms with van der Waals surface area (Å²) in [4.78, 5) is 17.2. The van der Waals surface area contributed by atoms with Gasteiger partial charge in [0.2, 0.25) is 5.91 Å². The molecular weight excluding hydrogens is 398 g/mol. The molecule has 3 rings (SSSR count). The van der Waals surface area contributed by atoms with Gasteiger partial charge >= 0.3 is 10.3 Å². The van der Waals surface area contributed by atoms with Gasteiger partial charge in [0.1, 0.15) is 5.01 Å². The average Bonchev–Trinajstić information content (AvgIpc) is 3.12. The molecule has 0 aliphatic rings. The first-order valence-corrected chi connectivity index (χ1v) is 10.7. The van der Waals surface area contributed by atoms with E-state index in [0.29, 0.717) is 6.42 Å². The Balaban J connectivity index is 1.79. The summed E-state index contributed by atoms with van der Waals surface area (Å²) in [5.74, 6) is -0.161. The zero-order valence-electron chi connectivity index (χ0n) is 15.0. The Kier molecular flexibility index (Phi) is 6.08. The summed E-state index contributed by atoms with van der Waals surface area (Å²) in [6, 6.07) is 16.1. The van der Waals surface area contributed by atoms with E-state index in [0.717, 1.165) is 21.0 Å². The SMILES string of the molecule is CC(=O)N[C@@H](Cc1ccc(NS(=O)(=O)O)cc1)c1ncc(-c2ccccc2)s1. The topological polar surface area (TPSA) is 108 Å². The largest absolute Gasteiger partial charge is 0.357 e. The number of rotatable bonds is 7. The lowest BCUT2D eigenvalue weighted by atomic mass is 10.1. The van der Waals surface area contributed by atoms with Crippen LogP contribution in [0, 0.1) is 0 Å². The second-order valence-electron chi connectivity index (χ2n) is 6.16. The summed E-state index contributed by atoms with van der Waals surface area (Å²) in [5.41, 5.74) is 2.20. The molecule has 3 N–H and O–H groups in total. The summed E-state index contributed by atoms with van der Waals surface area (Å²) in [6.45, 7) is 1.46. The van der Waals surface area contributed by atoms with Crippen molar-refractivity contribution < 1.29 is 17.8 Å². The predicted octanol–water partition coefficient (Wildman–Crippen LogP) is 3.44. The minimum Gasteiger partial charge on any atom is -0.347 e. The number of benzene rings is 2. The molecule has 9 heteroatoms. The molecule has 0 unspecified atom stereocenters. The molecule has 1 aromatic heterocycles. The minimum atomic E-state index is -4.31. The molecule has 146 valence electrons. The van der Waals surface area contributed by atoms with Gasteiger partial charge in [-0.1, -0.05) is 42.5 Å². The molecule has 0 saturated carbocycles. The van der Waals surface area contributed by atoms with Gasteiger partial charge in [-0.05, 0) is 29.7 Å². The molecule has 0 spiro atoms. The third-order valence-electron chi connectivity index (χ3n) is 3.90. The van der Waals surface area contributed by atoms with E-state index in [4.69, 9.17) is 4.55 Å². The van der Waals surface area contributed by atoms with Crippen molar-refractivity contribution in [3.05, 3.63) is 71.4 Å². The second-order valence-corrected chi connectivity index (χ2v) is 8.38. The Morgan fingerprint density at radius 3 is 2.43 bits per heavy atom. The molecule has 0 radical (unpaired) electrons. The van der Waals surface area contributed by atoms with Gasteiger partial charge in [0.25, 0.3) is 0 Å². The molecule has 0 saturated heterocycles. The van der Waals surface area contributed by atoms with Crippen molar-refractivity contribution in [1.82, 2.24) is 10.3 Å². The first kappa shape index (κ1) is 20.0. The average molecular weight is 418 g/mol. The van der Waals surface area contributed by atoms with E-state index in [9.17, 15) is 13.2 Å². The first-order valence-electron chi connectivity index (χ1n) is 8.42. The van der Waals surface area contributed by atoms with Crippen LogP contribution < -0.4 is 10.0 Å². The monoisotopic (exact) mass is 417 g/mol. The highest BCUT2D eigenvalue weighted by atomic mass is 32.2. The quantitative estimate of drug-likeness (QED) is 0.510. The zero-order valence-corrected chi connectivity index (χ0v) is 16.6. The van der Waals surface area contributed by atoms with Crippen LogP contribution in [0.5, 0.6) is 0 Å². The van der Waals surface area contributed by atoms with E-state index >= 15 is 0 Å². The molecule has 1 atom stereocenters.